The van der Waals surface area contributed by atoms with E-state index in [4.69, 9.17) is 22.7 Å². The van der Waals surface area contributed by atoms with Crippen molar-refractivity contribution < 1.29 is 9.13 Å². The zero-order chi connectivity index (χ0) is 14.7. The van der Waals surface area contributed by atoms with Crippen molar-refractivity contribution in [3.05, 3.63) is 53.3 Å². The van der Waals surface area contributed by atoms with E-state index in [1.165, 1.54) is 19.2 Å². The Bertz CT molecular complexity index is 658. The number of halogens is 1. The van der Waals surface area contributed by atoms with Crippen LogP contribution in [0.3, 0.4) is 0 Å². The van der Waals surface area contributed by atoms with Gasteiger partial charge in [-0.2, -0.15) is 0 Å². The largest absolute Gasteiger partial charge is 0.494 e. The lowest BCUT2D eigenvalue weighted by molar-refractivity contribution is 0.413. The second kappa shape index (κ2) is 5.88. The number of benzene rings is 2. The summed E-state index contributed by atoms with van der Waals surface area (Å²) in [6.45, 7) is 1.96. The standard InChI is InChI=1S/C15H15FN2OS/c1-9-3-5-12(11(7-9)15(17)20)18-13-6-4-10(16)8-14(13)19-2/h3-8,18H,1-2H3,(H2,17,20). The van der Waals surface area contributed by atoms with Gasteiger partial charge in [-0.15, -0.1) is 0 Å². The molecule has 20 heavy (non-hydrogen) atoms. The van der Waals surface area contributed by atoms with Gasteiger partial charge >= 0.3 is 0 Å². The lowest BCUT2D eigenvalue weighted by Crippen LogP contribution is -2.12. The van der Waals surface area contributed by atoms with E-state index < -0.39 is 0 Å². The summed E-state index contributed by atoms with van der Waals surface area (Å²) < 4.78 is 18.3. The van der Waals surface area contributed by atoms with Crippen molar-refractivity contribution in [1.82, 2.24) is 0 Å². The first-order valence-corrected chi connectivity index (χ1v) is 6.43. The maximum Gasteiger partial charge on any atom is 0.145 e. The summed E-state index contributed by atoms with van der Waals surface area (Å²) in [5, 5.41) is 3.17. The van der Waals surface area contributed by atoms with E-state index in [1.54, 1.807) is 6.07 Å². The molecule has 3 N–H and O–H groups in total. The SMILES string of the molecule is COc1cc(F)ccc1Nc1ccc(C)cc1C(N)=S. The molecule has 0 heterocycles. The summed E-state index contributed by atoms with van der Waals surface area (Å²) in [6, 6.07) is 10.0. The minimum Gasteiger partial charge on any atom is -0.494 e. The van der Waals surface area contributed by atoms with Crippen molar-refractivity contribution in [1.29, 1.82) is 0 Å². The predicted octanol–water partition coefficient (Wildman–Crippen LogP) is 3.52. The number of rotatable bonds is 4. The van der Waals surface area contributed by atoms with Crippen LogP contribution in [0.2, 0.25) is 0 Å². The number of thiocarbonyl (C=S) groups is 1. The normalized spacial score (nSPS) is 10.2. The quantitative estimate of drug-likeness (QED) is 0.846. The third-order valence-corrected chi connectivity index (χ3v) is 3.09. The van der Waals surface area contributed by atoms with Gasteiger partial charge < -0.3 is 15.8 Å². The molecule has 3 nitrogen and oxygen atoms in total. The minimum atomic E-state index is -0.356. The molecule has 0 aromatic heterocycles. The van der Waals surface area contributed by atoms with Crippen LogP contribution in [-0.4, -0.2) is 12.1 Å². The van der Waals surface area contributed by atoms with Crippen molar-refractivity contribution in [2.75, 3.05) is 12.4 Å². The molecule has 0 unspecified atom stereocenters. The second-order valence-electron chi connectivity index (χ2n) is 4.38. The molecule has 0 aliphatic heterocycles. The van der Waals surface area contributed by atoms with Gasteiger partial charge in [-0.3, -0.25) is 0 Å². The van der Waals surface area contributed by atoms with E-state index >= 15 is 0 Å². The maximum absolute atomic E-state index is 13.2. The third-order valence-electron chi connectivity index (χ3n) is 2.87. The molecule has 2 aromatic carbocycles. The summed E-state index contributed by atoms with van der Waals surface area (Å²) in [7, 11) is 1.49. The summed E-state index contributed by atoms with van der Waals surface area (Å²) in [4.78, 5) is 0.303. The zero-order valence-corrected chi connectivity index (χ0v) is 12.1. The summed E-state index contributed by atoms with van der Waals surface area (Å²) >= 11 is 5.05. The first-order valence-electron chi connectivity index (χ1n) is 6.02. The fourth-order valence-corrected chi connectivity index (χ4v) is 2.05. The number of anilines is 2. The van der Waals surface area contributed by atoms with Crippen LogP contribution in [0.5, 0.6) is 5.75 Å². The van der Waals surface area contributed by atoms with Crippen molar-refractivity contribution in [3.8, 4) is 5.75 Å². The Morgan fingerprint density at radius 2 is 1.90 bits per heavy atom. The lowest BCUT2D eigenvalue weighted by atomic mass is 10.1. The Labute approximate surface area is 122 Å². The van der Waals surface area contributed by atoms with Gasteiger partial charge in [-0.25, -0.2) is 4.39 Å². The first-order chi connectivity index (χ1) is 9.51. The molecule has 0 saturated heterocycles. The van der Waals surface area contributed by atoms with Crippen LogP contribution in [0.25, 0.3) is 0 Å². The summed E-state index contributed by atoms with van der Waals surface area (Å²) in [5.41, 5.74) is 8.94. The Kier molecular flexibility index (Phi) is 4.20. The number of hydrogen-bond donors (Lipinski definition) is 2. The Balaban J connectivity index is 2.42. The van der Waals surface area contributed by atoms with E-state index in [9.17, 15) is 4.39 Å². The molecule has 0 bridgehead atoms. The van der Waals surface area contributed by atoms with Crippen molar-refractivity contribution in [2.24, 2.45) is 5.73 Å². The average Bonchev–Trinajstić information content (AvgIpc) is 2.42. The van der Waals surface area contributed by atoms with E-state index in [0.717, 1.165) is 16.8 Å². The second-order valence-corrected chi connectivity index (χ2v) is 4.82. The summed E-state index contributed by atoms with van der Waals surface area (Å²) in [5.74, 6) is 0.0605. The smallest absolute Gasteiger partial charge is 0.145 e. The molecular formula is C15H15FN2OS. The molecule has 0 aliphatic carbocycles. The topological polar surface area (TPSA) is 47.3 Å². The number of methoxy groups -OCH3 is 1. The Morgan fingerprint density at radius 1 is 1.20 bits per heavy atom. The van der Waals surface area contributed by atoms with Gasteiger partial charge in [0.1, 0.15) is 16.6 Å². The van der Waals surface area contributed by atoms with Crippen LogP contribution < -0.4 is 15.8 Å². The van der Waals surface area contributed by atoms with Crippen LogP contribution in [0.4, 0.5) is 15.8 Å². The van der Waals surface area contributed by atoms with E-state index in [2.05, 4.69) is 5.32 Å². The van der Waals surface area contributed by atoms with Gasteiger partial charge in [0.25, 0.3) is 0 Å². The average molecular weight is 290 g/mol. The van der Waals surface area contributed by atoms with E-state index in [1.807, 2.05) is 25.1 Å². The Hall–Kier alpha value is -2.14. The number of nitrogens with one attached hydrogen (secondary N) is 1. The van der Waals surface area contributed by atoms with Gasteiger partial charge in [-0.1, -0.05) is 23.8 Å². The van der Waals surface area contributed by atoms with Gasteiger partial charge in [0, 0.05) is 17.3 Å². The van der Waals surface area contributed by atoms with Crippen LogP contribution >= 0.6 is 12.2 Å². The molecule has 104 valence electrons. The van der Waals surface area contributed by atoms with E-state index in [0.29, 0.717) is 16.4 Å². The minimum absolute atomic E-state index is 0.303. The number of nitrogens with two attached hydrogens (primary N) is 1. The highest BCUT2D eigenvalue weighted by molar-refractivity contribution is 7.80. The van der Waals surface area contributed by atoms with Gasteiger partial charge in [0.15, 0.2) is 0 Å². The number of ether oxygens (including phenoxy) is 1. The van der Waals surface area contributed by atoms with Crippen LogP contribution in [-0.2, 0) is 0 Å². The van der Waals surface area contributed by atoms with Crippen molar-refractivity contribution in [3.63, 3.8) is 0 Å². The molecule has 0 amide bonds. The molecule has 2 rings (SSSR count). The van der Waals surface area contributed by atoms with Gasteiger partial charge in [0.2, 0.25) is 0 Å². The molecule has 0 fully saturated rings. The van der Waals surface area contributed by atoms with Crippen LogP contribution in [0, 0.1) is 12.7 Å². The van der Waals surface area contributed by atoms with Gasteiger partial charge in [0.05, 0.1) is 12.8 Å². The lowest BCUT2D eigenvalue weighted by Gasteiger charge is -2.14. The van der Waals surface area contributed by atoms with Gasteiger partial charge in [-0.05, 0) is 31.2 Å². The molecule has 0 radical (unpaired) electrons. The third kappa shape index (κ3) is 3.05. The number of aryl methyl sites for hydroxylation is 1. The predicted molar refractivity (Wildman–Crippen MR) is 83.3 cm³/mol. The first kappa shape index (κ1) is 14.3. The molecule has 2 aromatic rings. The highest BCUT2D eigenvalue weighted by atomic mass is 32.1. The fraction of sp³-hybridized carbons (Fsp3) is 0.133. The molecule has 5 heteroatoms. The Morgan fingerprint density at radius 3 is 2.55 bits per heavy atom. The number of hydrogen-bond acceptors (Lipinski definition) is 3. The highest BCUT2D eigenvalue weighted by Crippen LogP contribution is 2.30. The van der Waals surface area contributed by atoms with E-state index in [-0.39, 0.29) is 5.82 Å². The fourth-order valence-electron chi connectivity index (χ4n) is 1.88. The maximum atomic E-state index is 13.2. The van der Waals surface area contributed by atoms with Crippen LogP contribution in [0.1, 0.15) is 11.1 Å². The molecular weight excluding hydrogens is 275 g/mol. The van der Waals surface area contributed by atoms with Crippen molar-refractivity contribution >= 4 is 28.6 Å². The zero-order valence-electron chi connectivity index (χ0n) is 11.2. The van der Waals surface area contributed by atoms with Crippen LogP contribution in [0.15, 0.2) is 36.4 Å². The highest BCUT2D eigenvalue weighted by Gasteiger charge is 2.09. The monoisotopic (exact) mass is 290 g/mol. The molecule has 0 aliphatic rings. The summed E-state index contributed by atoms with van der Waals surface area (Å²) in [6.07, 6.45) is 0. The van der Waals surface area contributed by atoms with Crippen molar-refractivity contribution in [2.45, 2.75) is 6.92 Å². The molecule has 0 saturated carbocycles. The molecule has 0 spiro atoms. The molecule has 0 atom stereocenters.